The van der Waals surface area contributed by atoms with Gasteiger partial charge in [0.2, 0.25) is 0 Å². The van der Waals surface area contributed by atoms with Crippen molar-refractivity contribution in [1.82, 2.24) is 4.98 Å². The van der Waals surface area contributed by atoms with Crippen LogP contribution in [-0.2, 0) is 19.1 Å². The molecule has 7 rings (SSSR count). The SMILES string of the molecule is CC12CC[C@H](OC(=O)C3CC3)[C@@](C)(COC(=O)C3CC3)C1C[C@H](O)[C@@]1(C)Oc3cc(-c4cccnc4)oc(=O)c3[C@H](O)C21. The van der Waals surface area contributed by atoms with Crippen LogP contribution in [0, 0.1) is 34.5 Å². The zero-order chi connectivity index (χ0) is 30.3. The van der Waals surface area contributed by atoms with Gasteiger partial charge < -0.3 is 28.8 Å². The lowest BCUT2D eigenvalue weighted by atomic mass is 9.42. The molecular formula is C33H39NO9. The van der Waals surface area contributed by atoms with E-state index in [0.29, 0.717) is 18.4 Å². The van der Waals surface area contributed by atoms with Gasteiger partial charge in [-0.3, -0.25) is 14.6 Å². The maximum absolute atomic E-state index is 13.4. The summed E-state index contributed by atoms with van der Waals surface area (Å²) in [6.45, 7) is 5.84. The second kappa shape index (κ2) is 9.89. The Morgan fingerprint density at radius 1 is 1.07 bits per heavy atom. The highest BCUT2D eigenvalue weighted by Gasteiger charge is 2.70. The van der Waals surface area contributed by atoms with Crippen LogP contribution in [0.2, 0.25) is 0 Å². The second-order valence-corrected chi connectivity index (χ2v) is 14.1. The van der Waals surface area contributed by atoms with Crippen LogP contribution in [0.15, 0.2) is 39.8 Å². The van der Waals surface area contributed by atoms with Gasteiger partial charge >= 0.3 is 17.6 Å². The number of aromatic nitrogens is 1. The molecule has 0 radical (unpaired) electrons. The van der Waals surface area contributed by atoms with Crippen molar-refractivity contribution in [3.63, 3.8) is 0 Å². The van der Waals surface area contributed by atoms with E-state index in [9.17, 15) is 24.6 Å². The van der Waals surface area contributed by atoms with Crippen molar-refractivity contribution in [3.8, 4) is 17.1 Å². The molecule has 230 valence electrons. The number of hydrogen-bond acceptors (Lipinski definition) is 10. The molecule has 4 fully saturated rings. The van der Waals surface area contributed by atoms with Crippen LogP contribution >= 0.6 is 0 Å². The van der Waals surface area contributed by atoms with Crippen LogP contribution in [0.3, 0.4) is 0 Å². The van der Waals surface area contributed by atoms with Gasteiger partial charge in [0.15, 0.2) is 0 Å². The number of aliphatic hydroxyl groups is 2. The second-order valence-electron chi connectivity index (χ2n) is 14.1. The molecule has 8 atom stereocenters. The third-order valence-electron chi connectivity index (χ3n) is 11.2. The Kier molecular flexibility index (Phi) is 6.56. The van der Waals surface area contributed by atoms with Gasteiger partial charge in [0.05, 0.1) is 24.0 Å². The maximum Gasteiger partial charge on any atom is 0.345 e. The molecule has 10 nitrogen and oxygen atoms in total. The number of aliphatic hydroxyl groups excluding tert-OH is 2. The Balaban J connectivity index is 1.27. The molecule has 0 amide bonds. The predicted octanol–water partition coefficient (Wildman–Crippen LogP) is 3.96. The zero-order valence-electron chi connectivity index (χ0n) is 24.8. The number of fused-ring (bicyclic) bond motifs is 4. The van der Waals surface area contributed by atoms with E-state index >= 15 is 0 Å². The number of rotatable bonds is 6. The van der Waals surface area contributed by atoms with Crippen LogP contribution in [0.5, 0.6) is 5.75 Å². The van der Waals surface area contributed by atoms with Crippen molar-refractivity contribution < 1.29 is 38.4 Å². The number of carbonyl (C=O) groups is 2. The van der Waals surface area contributed by atoms with Crippen LogP contribution in [-0.4, -0.2) is 51.6 Å². The first kappa shape index (κ1) is 28.5. The Hall–Kier alpha value is -3.24. The lowest BCUT2D eigenvalue weighted by molar-refractivity contribution is -0.267. The largest absolute Gasteiger partial charge is 0.484 e. The Labute approximate surface area is 249 Å². The van der Waals surface area contributed by atoms with Crippen LogP contribution in [0.25, 0.3) is 11.3 Å². The Morgan fingerprint density at radius 3 is 2.47 bits per heavy atom. The summed E-state index contributed by atoms with van der Waals surface area (Å²) in [6, 6.07) is 5.06. The molecule has 2 aromatic heterocycles. The molecule has 5 aliphatic rings. The molecule has 2 N–H and O–H groups in total. The molecule has 0 bridgehead atoms. The number of hydrogen-bond donors (Lipinski definition) is 2. The third-order valence-corrected chi connectivity index (χ3v) is 11.2. The van der Waals surface area contributed by atoms with Crippen LogP contribution in [0.1, 0.15) is 77.4 Å². The van der Waals surface area contributed by atoms with Crippen molar-refractivity contribution in [2.75, 3.05) is 6.61 Å². The summed E-state index contributed by atoms with van der Waals surface area (Å²) in [5.41, 5.74) is -2.85. The van der Waals surface area contributed by atoms with Crippen LogP contribution in [0.4, 0.5) is 0 Å². The third kappa shape index (κ3) is 4.51. The van der Waals surface area contributed by atoms with E-state index in [2.05, 4.69) is 11.9 Å². The van der Waals surface area contributed by atoms with E-state index in [4.69, 9.17) is 18.6 Å². The molecule has 3 unspecified atom stereocenters. The average Bonchev–Trinajstić information content (AvgIpc) is 3.88. The molecule has 3 heterocycles. The summed E-state index contributed by atoms with van der Waals surface area (Å²) in [5, 5.41) is 23.8. The van der Waals surface area contributed by atoms with Gasteiger partial charge in [-0.25, -0.2) is 4.79 Å². The maximum atomic E-state index is 13.4. The highest BCUT2D eigenvalue weighted by atomic mass is 16.6. The van der Waals surface area contributed by atoms with Crippen LogP contribution < -0.4 is 10.4 Å². The number of pyridine rings is 1. The van der Waals surface area contributed by atoms with Gasteiger partial charge in [-0.1, -0.05) is 13.8 Å². The number of nitrogens with zero attached hydrogens (tertiary/aromatic N) is 1. The van der Waals surface area contributed by atoms with Gasteiger partial charge in [0, 0.05) is 35.4 Å². The fraction of sp³-hybridized carbons (Fsp3) is 0.636. The average molecular weight is 594 g/mol. The molecule has 0 aromatic carbocycles. The van der Waals surface area contributed by atoms with Crippen molar-refractivity contribution in [1.29, 1.82) is 0 Å². The topological polar surface area (TPSA) is 145 Å². The molecular weight excluding hydrogens is 554 g/mol. The molecule has 4 saturated carbocycles. The molecule has 1 aliphatic heterocycles. The summed E-state index contributed by atoms with van der Waals surface area (Å²) < 4.78 is 24.2. The molecule has 4 aliphatic carbocycles. The smallest absolute Gasteiger partial charge is 0.345 e. The molecule has 0 spiro atoms. The van der Waals surface area contributed by atoms with Gasteiger partial charge in [0.25, 0.3) is 0 Å². The highest BCUT2D eigenvalue weighted by molar-refractivity contribution is 5.75. The standard InChI is InChI=1S/C33H39NO9/c1-31-11-10-24(42-29(38)18-8-9-18)32(2,16-40-28(37)17-6-7-17)22(31)14-23(35)33(3)27(31)26(36)25-21(43-33)13-20(41-30(25)39)19-5-4-12-34-15-19/h4-5,12-13,15,17-18,22-24,26-27,35-36H,6-11,14,16H2,1-3H3/t22?,23-,24-,26-,27?,31?,32-,33+/m0/s1. The summed E-state index contributed by atoms with van der Waals surface area (Å²) >= 11 is 0. The van der Waals surface area contributed by atoms with Crippen molar-refractivity contribution in [2.45, 2.75) is 89.6 Å². The van der Waals surface area contributed by atoms with E-state index in [1.165, 1.54) is 0 Å². The number of esters is 2. The van der Waals surface area contributed by atoms with E-state index in [0.717, 1.165) is 25.7 Å². The molecule has 0 saturated heterocycles. The minimum atomic E-state index is -1.29. The van der Waals surface area contributed by atoms with Gasteiger partial charge in [-0.05, 0) is 75.3 Å². The Bertz CT molecular complexity index is 1500. The lowest BCUT2D eigenvalue weighted by Gasteiger charge is -2.66. The fourth-order valence-electron chi connectivity index (χ4n) is 8.45. The van der Waals surface area contributed by atoms with Crippen molar-refractivity contribution in [2.24, 2.45) is 34.5 Å². The van der Waals surface area contributed by atoms with Crippen molar-refractivity contribution in [3.05, 3.63) is 46.6 Å². The molecule has 10 heteroatoms. The monoisotopic (exact) mass is 593 g/mol. The van der Waals surface area contributed by atoms with E-state index in [1.807, 2.05) is 6.92 Å². The lowest BCUT2D eigenvalue weighted by Crippen LogP contribution is -2.71. The van der Waals surface area contributed by atoms with Gasteiger partial charge in [-0.2, -0.15) is 0 Å². The quantitative estimate of drug-likeness (QED) is 0.472. The Morgan fingerprint density at radius 2 is 1.79 bits per heavy atom. The minimum absolute atomic E-state index is 0.0216. The first-order chi connectivity index (χ1) is 20.5. The zero-order valence-corrected chi connectivity index (χ0v) is 24.8. The number of ether oxygens (including phenoxy) is 3. The summed E-state index contributed by atoms with van der Waals surface area (Å²) in [6.07, 6.45) is 4.89. The minimum Gasteiger partial charge on any atom is -0.484 e. The first-order valence-electron chi connectivity index (χ1n) is 15.5. The van der Waals surface area contributed by atoms with Gasteiger partial charge in [-0.15, -0.1) is 0 Å². The fourth-order valence-corrected chi connectivity index (χ4v) is 8.45. The normalized spacial score (nSPS) is 38.1. The number of carbonyl (C=O) groups excluding carboxylic acids is 2. The molecule has 2 aromatic rings. The van der Waals surface area contributed by atoms with Gasteiger partial charge in [0.1, 0.15) is 35.4 Å². The van der Waals surface area contributed by atoms with E-state index < -0.39 is 46.3 Å². The highest BCUT2D eigenvalue weighted by Crippen LogP contribution is 2.67. The first-order valence-corrected chi connectivity index (χ1v) is 15.5. The molecule has 43 heavy (non-hydrogen) atoms. The summed E-state index contributed by atoms with van der Waals surface area (Å²) in [7, 11) is 0. The van der Waals surface area contributed by atoms with E-state index in [-0.39, 0.29) is 59.8 Å². The van der Waals surface area contributed by atoms with Crippen molar-refractivity contribution >= 4 is 11.9 Å². The summed E-state index contributed by atoms with van der Waals surface area (Å²) in [5.74, 6) is -1.26. The van der Waals surface area contributed by atoms with E-state index in [1.54, 1.807) is 37.5 Å². The summed E-state index contributed by atoms with van der Waals surface area (Å²) in [4.78, 5) is 43.1. The predicted molar refractivity (Wildman–Crippen MR) is 152 cm³/mol.